The van der Waals surface area contributed by atoms with Crippen molar-refractivity contribution in [2.24, 2.45) is 11.7 Å². The van der Waals surface area contributed by atoms with Crippen LogP contribution >= 0.6 is 0 Å². The summed E-state index contributed by atoms with van der Waals surface area (Å²) in [5.41, 5.74) is 5.91. The van der Waals surface area contributed by atoms with Crippen molar-refractivity contribution in [2.75, 3.05) is 13.1 Å². The topological polar surface area (TPSA) is 120 Å². The summed E-state index contributed by atoms with van der Waals surface area (Å²) in [6.45, 7) is 1.51. The summed E-state index contributed by atoms with van der Waals surface area (Å²) in [4.78, 5) is 17.6. The van der Waals surface area contributed by atoms with Gasteiger partial charge in [-0.3, -0.25) is 14.7 Å². The van der Waals surface area contributed by atoms with Gasteiger partial charge in [0.25, 0.3) is 0 Å². The zero-order valence-electron chi connectivity index (χ0n) is 12.4. The van der Waals surface area contributed by atoms with Crippen LogP contribution in [0.3, 0.4) is 0 Å². The quantitative estimate of drug-likeness (QED) is 0.503. The lowest BCUT2D eigenvalue weighted by molar-refractivity contribution is -0.144. The number of pyridine rings is 1. The van der Waals surface area contributed by atoms with Gasteiger partial charge < -0.3 is 20.9 Å². The Labute approximate surface area is 129 Å². The third-order valence-corrected chi connectivity index (χ3v) is 4.26. The fourth-order valence-electron chi connectivity index (χ4n) is 3.04. The second kappa shape index (κ2) is 7.19. The summed E-state index contributed by atoms with van der Waals surface area (Å²) >= 11 is 0. The van der Waals surface area contributed by atoms with Crippen LogP contribution in [0.15, 0.2) is 24.5 Å². The summed E-state index contributed by atoms with van der Waals surface area (Å²) in [6.07, 6.45) is 4.75. The van der Waals surface area contributed by atoms with Gasteiger partial charge in [0.2, 0.25) is 0 Å². The SMILES string of the molecule is N[C@@]1(C(=O)O)CN(Cc2ccncc2)C[C@@H]1CCCB(O)O. The molecule has 0 saturated carbocycles. The molecule has 0 unspecified atom stereocenters. The molecule has 2 heterocycles. The summed E-state index contributed by atoms with van der Waals surface area (Å²) in [5, 5.41) is 27.3. The Morgan fingerprint density at radius 1 is 1.45 bits per heavy atom. The van der Waals surface area contributed by atoms with Gasteiger partial charge in [0.15, 0.2) is 0 Å². The highest BCUT2D eigenvalue weighted by molar-refractivity contribution is 6.40. The zero-order chi connectivity index (χ0) is 16.2. The van der Waals surface area contributed by atoms with Gasteiger partial charge in [0.1, 0.15) is 5.54 Å². The fourth-order valence-corrected chi connectivity index (χ4v) is 3.04. The lowest BCUT2D eigenvalue weighted by atomic mass is 9.78. The standard InChI is InChI=1S/C14H22BN3O4/c16-14(13(19)20)10-18(8-11-3-6-17-7-4-11)9-12(14)2-1-5-15(21)22/h3-4,6-7,12,21-22H,1-2,5,8-10,16H2,(H,19,20)/t12-,14-/m0/s1. The van der Waals surface area contributed by atoms with Gasteiger partial charge in [-0.25, -0.2) is 0 Å². The van der Waals surface area contributed by atoms with Crippen LogP contribution in [-0.2, 0) is 11.3 Å². The van der Waals surface area contributed by atoms with Crippen LogP contribution in [0.25, 0.3) is 0 Å². The van der Waals surface area contributed by atoms with Crippen LogP contribution in [0.5, 0.6) is 0 Å². The molecule has 0 spiro atoms. The van der Waals surface area contributed by atoms with E-state index in [1.54, 1.807) is 12.4 Å². The Bertz CT molecular complexity index is 502. The molecular formula is C14H22BN3O4. The van der Waals surface area contributed by atoms with Gasteiger partial charge in [-0.2, -0.15) is 0 Å². The van der Waals surface area contributed by atoms with E-state index in [4.69, 9.17) is 15.8 Å². The van der Waals surface area contributed by atoms with Crippen LogP contribution in [0, 0.1) is 5.92 Å². The van der Waals surface area contributed by atoms with E-state index < -0.39 is 18.6 Å². The molecule has 2 rings (SSSR count). The molecule has 1 aliphatic rings. The van der Waals surface area contributed by atoms with Crippen molar-refractivity contribution in [2.45, 2.75) is 31.2 Å². The molecule has 0 radical (unpaired) electrons. The summed E-state index contributed by atoms with van der Waals surface area (Å²) in [6, 6.07) is 3.79. The maximum absolute atomic E-state index is 11.6. The Morgan fingerprint density at radius 2 is 2.14 bits per heavy atom. The molecule has 1 aromatic heterocycles. The minimum atomic E-state index is -1.36. The molecule has 0 bridgehead atoms. The lowest BCUT2D eigenvalue weighted by Gasteiger charge is -2.25. The first-order valence-corrected chi connectivity index (χ1v) is 7.41. The average molecular weight is 307 g/mol. The Balaban J connectivity index is 2.00. The van der Waals surface area contributed by atoms with Gasteiger partial charge in [0.05, 0.1) is 0 Å². The molecule has 1 aromatic rings. The van der Waals surface area contributed by atoms with Crippen LogP contribution in [0.1, 0.15) is 18.4 Å². The number of carbonyl (C=O) groups is 1. The predicted octanol–water partition coefficient (Wildman–Crippen LogP) is -0.451. The van der Waals surface area contributed by atoms with Gasteiger partial charge in [-0.1, -0.05) is 6.42 Å². The highest BCUT2D eigenvalue weighted by Crippen LogP contribution is 2.31. The largest absolute Gasteiger partial charge is 0.480 e. The molecule has 1 saturated heterocycles. The molecule has 5 N–H and O–H groups in total. The number of aliphatic carboxylic acids is 1. The van der Waals surface area contributed by atoms with E-state index in [-0.39, 0.29) is 18.8 Å². The van der Waals surface area contributed by atoms with Crippen molar-refractivity contribution < 1.29 is 19.9 Å². The first-order chi connectivity index (χ1) is 10.4. The van der Waals surface area contributed by atoms with Gasteiger partial charge in [-0.15, -0.1) is 0 Å². The average Bonchev–Trinajstić information content (AvgIpc) is 2.77. The normalized spacial score (nSPS) is 25.3. The molecule has 120 valence electrons. The van der Waals surface area contributed by atoms with Gasteiger partial charge >= 0.3 is 13.1 Å². The van der Waals surface area contributed by atoms with E-state index in [0.29, 0.717) is 25.9 Å². The number of hydrogen-bond acceptors (Lipinski definition) is 6. The predicted molar refractivity (Wildman–Crippen MR) is 81.8 cm³/mol. The molecule has 7 nitrogen and oxygen atoms in total. The van der Waals surface area contributed by atoms with Crippen molar-refractivity contribution in [1.29, 1.82) is 0 Å². The zero-order valence-corrected chi connectivity index (χ0v) is 12.4. The van der Waals surface area contributed by atoms with Crippen LogP contribution in [0.4, 0.5) is 0 Å². The first-order valence-electron chi connectivity index (χ1n) is 7.41. The lowest BCUT2D eigenvalue weighted by Crippen LogP contribution is -2.54. The van der Waals surface area contributed by atoms with E-state index in [2.05, 4.69) is 4.98 Å². The third kappa shape index (κ3) is 4.04. The molecule has 22 heavy (non-hydrogen) atoms. The Kier molecular flexibility index (Phi) is 5.52. The number of nitrogens with zero attached hydrogens (tertiary/aromatic N) is 2. The second-order valence-electron chi connectivity index (χ2n) is 5.98. The molecule has 2 atom stereocenters. The number of rotatable bonds is 7. The van der Waals surface area contributed by atoms with E-state index >= 15 is 0 Å². The fraction of sp³-hybridized carbons (Fsp3) is 0.571. The van der Waals surface area contributed by atoms with E-state index in [1.807, 2.05) is 17.0 Å². The van der Waals surface area contributed by atoms with E-state index in [0.717, 1.165) is 5.56 Å². The first kappa shape index (κ1) is 16.9. The molecule has 0 amide bonds. The van der Waals surface area contributed by atoms with Crippen molar-refractivity contribution in [3.05, 3.63) is 30.1 Å². The highest BCUT2D eigenvalue weighted by atomic mass is 16.4. The monoisotopic (exact) mass is 307 g/mol. The molecular weight excluding hydrogens is 285 g/mol. The van der Waals surface area contributed by atoms with Crippen molar-refractivity contribution in [3.63, 3.8) is 0 Å². The minimum absolute atomic E-state index is 0.203. The number of nitrogens with two attached hydrogens (primary N) is 1. The maximum atomic E-state index is 11.6. The van der Waals surface area contributed by atoms with Crippen molar-refractivity contribution in [3.8, 4) is 0 Å². The van der Waals surface area contributed by atoms with E-state index in [1.165, 1.54) is 0 Å². The minimum Gasteiger partial charge on any atom is -0.480 e. The Morgan fingerprint density at radius 3 is 2.73 bits per heavy atom. The highest BCUT2D eigenvalue weighted by Gasteiger charge is 2.48. The summed E-state index contributed by atoms with van der Waals surface area (Å²) < 4.78 is 0. The molecule has 1 aliphatic heterocycles. The third-order valence-electron chi connectivity index (χ3n) is 4.26. The molecule has 0 aliphatic carbocycles. The van der Waals surface area contributed by atoms with Crippen molar-refractivity contribution in [1.82, 2.24) is 9.88 Å². The number of aromatic nitrogens is 1. The van der Waals surface area contributed by atoms with Crippen LogP contribution < -0.4 is 5.73 Å². The van der Waals surface area contributed by atoms with E-state index in [9.17, 15) is 9.90 Å². The maximum Gasteiger partial charge on any atom is 0.451 e. The number of hydrogen-bond donors (Lipinski definition) is 4. The summed E-state index contributed by atoms with van der Waals surface area (Å²) in [5.74, 6) is -1.20. The van der Waals surface area contributed by atoms with Crippen LogP contribution in [0.2, 0.25) is 6.32 Å². The molecule has 0 aromatic carbocycles. The number of carboxylic acids is 1. The Hall–Kier alpha value is -1.48. The van der Waals surface area contributed by atoms with Crippen molar-refractivity contribution >= 4 is 13.1 Å². The number of likely N-dealkylation sites (tertiary alicyclic amines) is 1. The number of carboxylic acid groups (broad SMARTS) is 1. The summed E-state index contributed by atoms with van der Waals surface area (Å²) in [7, 11) is -1.36. The molecule has 1 fully saturated rings. The smallest absolute Gasteiger partial charge is 0.451 e. The van der Waals surface area contributed by atoms with Crippen LogP contribution in [-0.4, -0.2) is 56.8 Å². The van der Waals surface area contributed by atoms with Gasteiger partial charge in [0, 0.05) is 37.9 Å². The molecule has 8 heteroatoms. The van der Waals surface area contributed by atoms with Gasteiger partial charge in [-0.05, 0) is 30.4 Å². The second-order valence-corrected chi connectivity index (χ2v) is 5.98.